The van der Waals surface area contributed by atoms with Crippen molar-refractivity contribution >= 4 is 17.8 Å². The highest BCUT2D eigenvalue weighted by atomic mass is 16.6. The number of alkyl carbamates (subject to hydrolysis) is 1. The molecule has 1 fully saturated rings. The number of nitrogens with zero attached hydrogens (tertiary/aromatic N) is 1. The first-order valence-corrected chi connectivity index (χ1v) is 11.7. The first kappa shape index (κ1) is 23.3. The average Bonchev–Trinajstić information content (AvgIpc) is 3.35. The maximum Gasteiger partial charge on any atom is 0.407 e. The topological polar surface area (TPSA) is 99.8 Å². The van der Waals surface area contributed by atoms with Gasteiger partial charge in [0, 0.05) is 49.3 Å². The molecule has 0 saturated carbocycles. The van der Waals surface area contributed by atoms with E-state index in [1.807, 2.05) is 18.2 Å². The number of rotatable bonds is 6. The number of Topliss-reactive ketones (excluding diaryl/α,β-unsaturated/α-hetero) is 1. The van der Waals surface area contributed by atoms with Crippen LogP contribution >= 0.6 is 0 Å². The Morgan fingerprint density at radius 3 is 2.58 bits per heavy atom. The highest BCUT2D eigenvalue weighted by Gasteiger charge is 2.51. The summed E-state index contributed by atoms with van der Waals surface area (Å²) in [6.07, 6.45) is 0.572. The molecule has 2 heterocycles. The van der Waals surface area contributed by atoms with Gasteiger partial charge in [-0.15, -0.1) is 0 Å². The lowest BCUT2D eigenvalue weighted by Crippen LogP contribution is -2.53. The number of carbonyl (C=O) groups excluding carboxylic acids is 3. The number of ketones is 1. The van der Waals surface area contributed by atoms with Crippen LogP contribution in [0.15, 0.2) is 41.6 Å². The molecule has 0 radical (unpaired) electrons. The van der Waals surface area contributed by atoms with Crippen molar-refractivity contribution in [1.29, 1.82) is 0 Å². The fourth-order valence-electron chi connectivity index (χ4n) is 5.14. The standard InChI is InChI=1S/C25H34N4O4/c1-15(16-8-6-5-7-9-16)29-14-17-12-19(29)22-21(17)20(30)13-18(28-22)23(31)26-10-11-27-24(32)33-25(2,3)4/h5-9,15,17-19,28H,10-14H2,1-4H3,(H,26,31)(H,27,32)/t15-,17+,18-,19+/m0/s1. The molecule has 4 atom stereocenters. The molecule has 1 saturated heterocycles. The average molecular weight is 455 g/mol. The summed E-state index contributed by atoms with van der Waals surface area (Å²) in [7, 11) is 0. The van der Waals surface area contributed by atoms with Crippen LogP contribution < -0.4 is 16.0 Å². The first-order chi connectivity index (χ1) is 15.6. The van der Waals surface area contributed by atoms with Gasteiger partial charge < -0.3 is 20.7 Å². The number of carbonyl (C=O) groups is 3. The highest BCUT2D eigenvalue weighted by molar-refractivity contribution is 6.02. The van der Waals surface area contributed by atoms with Gasteiger partial charge in [-0.25, -0.2) is 4.79 Å². The molecule has 0 aromatic heterocycles. The molecule has 0 spiro atoms. The Balaban J connectivity index is 1.33. The van der Waals surface area contributed by atoms with Crippen LogP contribution in [0.1, 0.15) is 52.1 Å². The number of ether oxygens (including phenoxy) is 1. The van der Waals surface area contributed by atoms with Gasteiger partial charge in [-0.2, -0.15) is 0 Å². The lowest BCUT2D eigenvalue weighted by molar-refractivity contribution is -0.127. The summed E-state index contributed by atoms with van der Waals surface area (Å²) in [5.41, 5.74) is 2.50. The van der Waals surface area contributed by atoms with Crippen molar-refractivity contribution in [2.75, 3.05) is 19.6 Å². The normalized spacial score (nSPS) is 25.3. The van der Waals surface area contributed by atoms with Gasteiger partial charge >= 0.3 is 6.09 Å². The van der Waals surface area contributed by atoms with Crippen LogP contribution in [0.25, 0.3) is 0 Å². The zero-order valence-electron chi connectivity index (χ0n) is 19.8. The first-order valence-electron chi connectivity index (χ1n) is 11.7. The molecule has 1 aliphatic carbocycles. The Labute approximate surface area is 195 Å². The second-order valence-corrected chi connectivity index (χ2v) is 10.1. The third kappa shape index (κ3) is 5.05. The molecule has 2 aliphatic heterocycles. The van der Waals surface area contributed by atoms with E-state index in [0.717, 1.165) is 24.2 Å². The van der Waals surface area contributed by atoms with E-state index < -0.39 is 17.7 Å². The van der Waals surface area contributed by atoms with Crippen LogP contribution in [-0.4, -0.2) is 60.0 Å². The summed E-state index contributed by atoms with van der Waals surface area (Å²) in [4.78, 5) is 39.8. The van der Waals surface area contributed by atoms with Crippen molar-refractivity contribution in [2.24, 2.45) is 5.92 Å². The molecule has 2 bridgehead atoms. The van der Waals surface area contributed by atoms with E-state index in [-0.39, 0.29) is 49.2 Å². The predicted octanol–water partition coefficient (Wildman–Crippen LogP) is 2.28. The summed E-state index contributed by atoms with van der Waals surface area (Å²) < 4.78 is 5.18. The second-order valence-electron chi connectivity index (χ2n) is 10.1. The lowest BCUT2D eigenvalue weighted by atomic mass is 9.89. The van der Waals surface area contributed by atoms with Gasteiger partial charge in [0.2, 0.25) is 5.91 Å². The summed E-state index contributed by atoms with van der Waals surface area (Å²) in [5.74, 6) is 0.0832. The molecule has 1 aromatic rings. The van der Waals surface area contributed by atoms with E-state index in [2.05, 4.69) is 39.9 Å². The number of amides is 2. The van der Waals surface area contributed by atoms with Gasteiger partial charge in [0.1, 0.15) is 11.6 Å². The second kappa shape index (κ2) is 9.17. The number of benzene rings is 1. The van der Waals surface area contributed by atoms with Crippen molar-refractivity contribution in [1.82, 2.24) is 20.9 Å². The van der Waals surface area contributed by atoms with Crippen LogP contribution in [0.3, 0.4) is 0 Å². The Kier molecular flexibility index (Phi) is 6.47. The van der Waals surface area contributed by atoms with Gasteiger partial charge in [-0.3, -0.25) is 14.5 Å². The Hall–Kier alpha value is -2.87. The summed E-state index contributed by atoms with van der Waals surface area (Å²) in [6.45, 7) is 8.96. The van der Waals surface area contributed by atoms with Gasteiger partial charge in [0.15, 0.2) is 5.78 Å². The molecule has 33 heavy (non-hydrogen) atoms. The van der Waals surface area contributed by atoms with Crippen LogP contribution in [0.4, 0.5) is 4.79 Å². The van der Waals surface area contributed by atoms with Crippen LogP contribution in [0.5, 0.6) is 0 Å². The van der Waals surface area contributed by atoms with E-state index in [1.54, 1.807) is 20.8 Å². The third-order valence-corrected chi connectivity index (χ3v) is 6.58. The zero-order chi connectivity index (χ0) is 23.8. The van der Waals surface area contributed by atoms with Crippen LogP contribution in [-0.2, 0) is 14.3 Å². The van der Waals surface area contributed by atoms with Crippen molar-refractivity contribution in [3.63, 3.8) is 0 Å². The lowest BCUT2D eigenvalue weighted by Gasteiger charge is -2.38. The molecule has 4 rings (SSSR count). The Bertz CT molecular complexity index is 953. The van der Waals surface area contributed by atoms with Gasteiger partial charge in [0.05, 0.1) is 6.04 Å². The molecular weight excluding hydrogens is 420 g/mol. The molecule has 3 N–H and O–H groups in total. The van der Waals surface area contributed by atoms with Crippen molar-refractivity contribution < 1.29 is 19.1 Å². The third-order valence-electron chi connectivity index (χ3n) is 6.58. The predicted molar refractivity (Wildman–Crippen MR) is 124 cm³/mol. The minimum absolute atomic E-state index is 0.0790. The number of hydrogen-bond donors (Lipinski definition) is 3. The zero-order valence-corrected chi connectivity index (χ0v) is 19.8. The quantitative estimate of drug-likeness (QED) is 0.571. The maximum atomic E-state index is 12.9. The SMILES string of the molecule is C[C@@H](c1ccccc1)N1C[C@H]2C[C@@H]1C1=C2C(=O)C[C@@H](C(=O)NCCNC(=O)OC(C)(C)C)N1. The molecule has 8 nitrogen and oxygen atoms in total. The minimum atomic E-state index is -0.592. The summed E-state index contributed by atoms with van der Waals surface area (Å²) >= 11 is 0. The van der Waals surface area contributed by atoms with Crippen LogP contribution in [0, 0.1) is 5.92 Å². The number of likely N-dealkylation sites (tertiary alicyclic amines) is 1. The minimum Gasteiger partial charge on any atom is -0.444 e. The maximum absolute atomic E-state index is 12.9. The van der Waals surface area contributed by atoms with Crippen LogP contribution in [0.2, 0.25) is 0 Å². The summed E-state index contributed by atoms with van der Waals surface area (Å²) in [5, 5.41) is 8.82. The van der Waals surface area contributed by atoms with Crippen molar-refractivity contribution in [3.05, 3.63) is 47.2 Å². The molecule has 0 unspecified atom stereocenters. The number of hydrogen-bond acceptors (Lipinski definition) is 6. The molecule has 3 aliphatic rings. The van der Waals surface area contributed by atoms with Crippen molar-refractivity contribution in [3.8, 4) is 0 Å². The van der Waals surface area contributed by atoms with Gasteiger partial charge in [0.25, 0.3) is 0 Å². The Morgan fingerprint density at radius 2 is 1.88 bits per heavy atom. The van der Waals surface area contributed by atoms with E-state index in [1.165, 1.54) is 5.56 Å². The van der Waals surface area contributed by atoms with E-state index in [0.29, 0.717) is 0 Å². The summed E-state index contributed by atoms with van der Waals surface area (Å²) in [6, 6.07) is 10.1. The van der Waals surface area contributed by atoms with Crippen molar-refractivity contribution in [2.45, 2.75) is 64.3 Å². The monoisotopic (exact) mass is 454 g/mol. The highest BCUT2D eigenvalue weighted by Crippen LogP contribution is 2.46. The Morgan fingerprint density at radius 1 is 1.18 bits per heavy atom. The number of nitrogens with one attached hydrogen (secondary N) is 3. The smallest absolute Gasteiger partial charge is 0.407 e. The molecule has 178 valence electrons. The molecule has 8 heteroatoms. The fourth-order valence-corrected chi connectivity index (χ4v) is 5.14. The number of fused-ring (bicyclic) bond motifs is 4. The van der Waals surface area contributed by atoms with Gasteiger partial charge in [-0.1, -0.05) is 30.3 Å². The molecule has 2 amide bonds. The molecule has 1 aromatic carbocycles. The van der Waals surface area contributed by atoms with Gasteiger partial charge in [-0.05, 0) is 39.7 Å². The fraction of sp³-hybridized carbons (Fsp3) is 0.560. The largest absolute Gasteiger partial charge is 0.444 e. The van der Waals surface area contributed by atoms with E-state index in [9.17, 15) is 14.4 Å². The molecular formula is C25H34N4O4. The van der Waals surface area contributed by atoms with E-state index >= 15 is 0 Å². The van der Waals surface area contributed by atoms with E-state index in [4.69, 9.17) is 4.74 Å².